The van der Waals surface area contributed by atoms with E-state index in [9.17, 15) is 9.59 Å². The molecule has 2 heterocycles. The maximum atomic E-state index is 13.3. The standard InChI is InChI=1S/C24H24ClN5O3/c1-28(2)12-13-29(14-17-6-4-3-5-7-17)20(31)15-30-16-26-23-21(24(30)32)22(27-33-23)18-8-10-19(25)11-9-18/h3-11,16H,12-15H2,1-2H3. The van der Waals surface area contributed by atoms with Crippen molar-refractivity contribution in [2.75, 3.05) is 27.2 Å². The Balaban J connectivity index is 1.62. The maximum Gasteiger partial charge on any atom is 0.267 e. The summed E-state index contributed by atoms with van der Waals surface area (Å²) in [4.78, 5) is 34.4. The zero-order chi connectivity index (χ0) is 23.4. The van der Waals surface area contributed by atoms with Crippen LogP contribution < -0.4 is 5.56 Å². The summed E-state index contributed by atoms with van der Waals surface area (Å²) in [5, 5.41) is 4.83. The monoisotopic (exact) mass is 465 g/mol. The highest BCUT2D eigenvalue weighted by Gasteiger charge is 2.20. The van der Waals surface area contributed by atoms with Gasteiger partial charge in [-0.2, -0.15) is 0 Å². The van der Waals surface area contributed by atoms with Crippen molar-refractivity contribution in [1.29, 1.82) is 0 Å². The normalized spacial score (nSPS) is 11.3. The molecule has 33 heavy (non-hydrogen) atoms. The zero-order valence-corrected chi connectivity index (χ0v) is 19.2. The molecular formula is C24H24ClN5O3. The smallest absolute Gasteiger partial charge is 0.267 e. The zero-order valence-electron chi connectivity index (χ0n) is 18.4. The number of rotatable bonds is 8. The summed E-state index contributed by atoms with van der Waals surface area (Å²) in [5.41, 5.74) is 1.82. The fourth-order valence-electron chi connectivity index (χ4n) is 3.46. The van der Waals surface area contributed by atoms with Gasteiger partial charge in [-0.05, 0) is 31.8 Å². The molecule has 4 aromatic rings. The third-order valence-corrected chi connectivity index (χ3v) is 5.52. The molecule has 0 bridgehead atoms. The van der Waals surface area contributed by atoms with Crippen LogP contribution in [0.2, 0.25) is 5.02 Å². The van der Waals surface area contributed by atoms with Crippen LogP contribution in [0, 0.1) is 0 Å². The summed E-state index contributed by atoms with van der Waals surface area (Å²) >= 11 is 5.97. The number of carbonyl (C=O) groups excluding carboxylic acids is 1. The number of fused-ring (bicyclic) bond motifs is 1. The molecule has 0 N–H and O–H groups in total. The Hall–Kier alpha value is -3.49. The Bertz CT molecular complexity index is 1300. The van der Waals surface area contributed by atoms with Gasteiger partial charge in [-0.1, -0.05) is 59.2 Å². The van der Waals surface area contributed by atoms with Gasteiger partial charge in [0.2, 0.25) is 5.91 Å². The van der Waals surface area contributed by atoms with Crippen LogP contribution in [0.25, 0.3) is 22.4 Å². The van der Waals surface area contributed by atoms with Gasteiger partial charge in [-0.25, -0.2) is 4.98 Å². The number of halogens is 1. The summed E-state index contributed by atoms with van der Waals surface area (Å²) in [6, 6.07) is 16.7. The Labute approximate surface area is 196 Å². The topological polar surface area (TPSA) is 84.5 Å². The molecule has 8 nitrogen and oxygen atoms in total. The van der Waals surface area contributed by atoms with Gasteiger partial charge in [0, 0.05) is 30.2 Å². The van der Waals surface area contributed by atoms with Crippen molar-refractivity contribution in [3.63, 3.8) is 0 Å². The van der Waals surface area contributed by atoms with Gasteiger partial charge in [-0.15, -0.1) is 0 Å². The molecule has 2 aromatic carbocycles. The minimum atomic E-state index is -0.383. The molecule has 0 aliphatic carbocycles. The molecule has 0 unspecified atom stereocenters. The van der Waals surface area contributed by atoms with E-state index in [1.54, 1.807) is 29.2 Å². The molecule has 0 spiro atoms. The lowest BCUT2D eigenvalue weighted by Crippen LogP contribution is -2.39. The van der Waals surface area contributed by atoms with E-state index >= 15 is 0 Å². The fraction of sp³-hybridized carbons (Fsp3) is 0.250. The summed E-state index contributed by atoms with van der Waals surface area (Å²) < 4.78 is 6.56. The average molecular weight is 466 g/mol. The molecule has 0 saturated carbocycles. The highest BCUT2D eigenvalue weighted by molar-refractivity contribution is 6.30. The highest BCUT2D eigenvalue weighted by Crippen LogP contribution is 2.25. The number of hydrogen-bond donors (Lipinski definition) is 0. The third kappa shape index (κ3) is 5.30. The minimum absolute atomic E-state index is 0.127. The lowest BCUT2D eigenvalue weighted by Gasteiger charge is -2.25. The SMILES string of the molecule is CN(C)CCN(Cc1ccccc1)C(=O)Cn1cnc2onc(-c3ccc(Cl)cc3)c2c1=O. The summed E-state index contributed by atoms with van der Waals surface area (Å²) in [5.74, 6) is -0.173. The van der Waals surface area contributed by atoms with Crippen molar-refractivity contribution in [3.05, 3.63) is 81.9 Å². The van der Waals surface area contributed by atoms with Crippen molar-refractivity contribution in [3.8, 4) is 11.3 Å². The molecule has 0 atom stereocenters. The molecule has 0 aliphatic rings. The minimum Gasteiger partial charge on any atom is -0.336 e. The van der Waals surface area contributed by atoms with E-state index in [1.807, 2.05) is 49.3 Å². The van der Waals surface area contributed by atoms with Crippen LogP contribution in [0.15, 0.2) is 70.2 Å². The number of carbonyl (C=O) groups is 1. The summed E-state index contributed by atoms with van der Waals surface area (Å²) in [6.45, 7) is 1.57. The number of benzene rings is 2. The van der Waals surface area contributed by atoms with E-state index in [2.05, 4.69) is 10.1 Å². The second-order valence-electron chi connectivity index (χ2n) is 8.00. The molecule has 0 saturated heterocycles. The van der Waals surface area contributed by atoms with Gasteiger partial charge < -0.3 is 14.3 Å². The first-order valence-corrected chi connectivity index (χ1v) is 10.9. The third-order valence-electron chi connectivity index (χ3n) is 5.27. The Morgan fingerprint density at radius 3 is 2.48 bits per heavy atom. The van der Waals surface area contributed by atoms with Gasteiger partial charge in [0.1, 0.15) is 24.0 Å². The quantitative estimate of drug-likeness (QED) is 0.397. The predicted molar refractivity (Wildman–Crippen MR) is 127 cm³/mol. The Kier molecular flexibility index (Phi) is 6.86. The number of likely N-dealkylation sites (N-methyl/N-ethyl adjacent to an activating group) is 1. The van der Waals surface area contributed by atoms with Crippen LogP contribution in [0.4, 0.5) is 0 Å². The molecule has 0 radical (unpaired) electrons. The number of aromatic nitrogens is 3. The van der Waals surface area contributed by atoms with Crippen LogP contribution >= 0.6 is 11.6 Å². The summed E-state index contributed by atoms with van der Waals surface area (Å²) in [6.07, 6.45) is 1.33. The molecule has 1 amide bonds. The Morgan fingerprint density at radius 2 is 1.79 bits per heavy atom. The van der Waals surface area contributed by atoms with Gasteiger partial charge in [0.25, 0.3) is 11.3 Å². The van der Waals surface area contributed by atoms with Crippen molar-refractivity contribution < 1.29 is 9.32 Å². The largest absolute Gasteiger partial charge is 0.336 e. The van der Waals surface area contributed by atoms with Crippen LogP contribution in [-0.2, 0) is 17.9 Å². The molecule has 0 fully saturated rings. The fourth-order valence-corrected chi connectivity index (χ4v) is 3.59. The lowest BCUT2D eigenvalue weighted by molar-refractivity contribution is -0.132. The molecule has 2 aromatic heterocycles. The van der Waals surface area contributed by atoms with E-state index < -0.39 is 0 Å². The molecule has 9 heteroatoms. The van der Waals surface area contributed by atoms with E-state index in [4.69, 9.17) is 16.1 Å². The predicted octanol–water partition coefficient (Wildman–Crippen LogP) is 3.30. The van der Waals surface area contributed by atoms with Gasteiger partial charge in [-0.3, -0.25) is 14.2 Å². The Morgan fingerprint density at radius 1 is 1.06 bits per heavy atom. The highest BCUT2D eigenvalue weighted by atomic mass is 35.5. The van der Waals surface area contributed by atoms with Crippen LogP contribution in [-0.4, -0.2) is 57.6 Å². The van der Waals surface area contributed by atoms with Crippen molar-refractivity contribution in [2.45, 2.75) is 13.1 Å². The second kappa shape index (κ2) is 9.97. The number of nitrogens with zero attached hydrogens (tertiary/aromatic N) is 5. The second-order valence-corrected chi connectivity index (χ2v) is 8.44. The molecule has 170 valence electrons. The van der Waals surface area contributed by atoms with Crippen molar-refractivity contribution in [2.24, 2.45) is 0 Å². The van der Waals surface area contributed by atoms with Crippen molar-refractivity contribution in [1.82, 2.24) is 24.5 Å². The summed E-state index contributed by atoms with van der Waals surface area (Å²) in [7, 11) is 3.91. The van der Waals surface area contributed by atoms with Gasteiger partial charge in [0.05, 0.1) is 0 Å². The first-order chi connectivity index (χ1) is 15.9. The van der Waals surface area contributed by atoms with Crippen LogP contribution in [0.5, 0.6) is 0 Å². The van der Waals surface area contributed by atoms with Crippen LogP contribution in [0.1, 0.15) is 5.56 Å². The molecule has 4 rings (SSSR count). The first-order valence-electron chi connectivity index (χ1n) is 10.5. The first kappa shape index (κ1) is 22.7. The van der Waals surface area contributed by atoms with Crippen LogP contribution in [0.3, 0.4) is 0 Å². The molecular weight excluding hydrogens is 442 g/mol. The lowest BCUT2D eigenvalue weighted by atomic mass is 10.1. The van der Waals surface area contributed by atoms with Gasteiger partial charge >= 0.3 is 0 Å². The van der Waals surface area contributed by atoms with Crippen molar-refractivity contribution >= 4 is 28.6 Å². The average Bonchev–Trinajstić information content (AvgIpc) is 3.24. The van der Waals surface area contributed by atoms with E-state index in [0.717, 1.165) is 5.56 Å². The molecule has 0 aliphatic heterocycles. The van der Waals surface area contributed by atoms with E-state index in [0.29, 0.717) is 35.9 Å². The van der Waals surface area contributed by atoms with E-state index in [-0.39, 0.29) is 29.1 Å². The number of amides is 1. The van der Waals surface area contributed by atoms with E-state index in [1.165, 1.54) is 10.9 Å². The van der Waals surface area contributed by atoms with Gasteiger partial charge in [0.15, 0.2) is 0 Å². The maximum absolute atomic E-state index is 13.3. The number of hydrogen-bond acceptors (Lipinski definition) is 6.